The molecule has 0 amide bonds. The Hall–Kier alpha value is -3.57. The van der Waals surface area contributed by atoms with Crippen LogP contribution in [-0.2, 0) is 11.2 Å². The number of Topliss-reactive ketones (excluding diaryl/α,β-unsaturated/α-hetero) is 1. The van der Waals surface area contributed by atoms with Crippen LogP contribution in [0, 0.1) is 6.92 Å². The normalized spacial score (nSPS) is 14.4. The predicted molar refractivity (Wildman–Crippen MR) is 155 cm³/mol. The number of fused-ring (bicyclic) bond motifs is 3. The van der Waals surface area contributed by atoms with Crippen LogP contribution in [0.5, 0.6) is 0 Å². The average Bonchev–Trinajstić information content (AvgIpc) is 3.25. The van der Waals surface area contributed by atoms with E-state index in [1.165, 1.54) is 18.4 Å². The summed E-state index contributed by atoms with van der Waals surface area (Å²) in [6.45, 7) is 6.19. The number of ketones is 1. The number of hydrogen-bond donors (Lipinski definition) is 0. The van der Waals surface area contributed by atoms with Gasteiger partial charge in [-0.15, -0.1) is 10.2 Å². The van der Waals surface area contributed by atoms with Gasteiger partial charge in [-0.3, -0.25) is 14.4 Å². The molecule has 0 N–H and O–H groups in total. The fourth-order valence-corrected chi connectivity index (χ4v) is 5.22. The Morgan fingerprint density at radius 3 is 2.32 bits per heavy atom. The third kappa shape index (κ3) is 5.34. The van der Waals surface area contributed by atoms with E-state index in [1.54, 1.807) is 0 Å². The lowest BCUT2D eigenvalue weighted by Crippen LogP contribution is -2.11. The Kier molecular flexibility index (Phi) is 7.85. The molecule has 0 fully saturated rings. The summed E-state index contributed by atoms with van der Waals surface area (Å²) in [6.07, 6.45) is 5.12. The highest BCUT2D eigenvalue weighted by Gasteiger charge is 2.29. The van der Waals surface area contributed by atoms with Gasteiger partial charge in [0.25, 0.3) is 0 Å². The quantitative estimate of drug-likeness (QED) is 0.223. The number of benzene rings is 3. The average molecular weight is 525 g/mol. The lowest BCUT2D eigenvalue weighted by Gasteiger charge is -2.15. The second kappa shape index (κ2) is 11.4. The van der Waals surface area contributed by atoms with Gasteiger partial charge < -0.3 is 0 Å². The smallest absolute Gasteiger partial charge is 0.162 e. The minimum absolute atomic E-state index is 0.179. The Labute approximate surface area is 229 Å². The molecule has 0 saturated heterocycles. The second-order valence-corrected chi connectivity index (χ2v) is 10.4. The summed E-state index contributed by atoms with van der Waals surface area (Å²) in [5, 5.41) is 9.55. The Bertz CT molecular complexity index is 1470. The topological polar surface area (TPSA) is 60.1 Å². The highest BCUT2D eigenvalue weighted by atomic mass is 35.5. The molecule has 1 atom stereocenters. The maximum Gasteiger partial charge on any atom is 0.162 e. The van der Waals surface area contributed by atoms with Gasteiger partial charge >= 0.3 is 0 Å². The van der Waals surface area contributed by atoms with Gasteiger partial charge in [-0.25, -0.2) is 0 Å². The molecule has 4 aromatic rings. The molecule has 0 bridgehead atoms. The number of aromatic nitrogens is 3. The molecule has 194 valence electrons. The Morgan fingerprint density at radius 1 is 0.895 bits per heavy atom. The number of carbonyl (C=O) groups is 1. The zero-order valence-corrected chi connectivity index (χ0v) is 23.0. The first kappa shape index (κ1) is 26.1. The van der Waals surface area contributed by atoms with Crippen LogP contribution in [0.4, 0.5) is 0 Å². The van der Waals surface area contributed by atoms with Crippen LogP contribution < -0.4 is 0 Å². The van der Waals surface area contributed by atoms with Gasteiger partial charge in [0.1, 0.15) is 17.6 Å². The molecule has 0 radical (unpaired) electrons. The standard InChI is InChI=1S/C32H33ClN4O/c1-4-6-8-22-9-11-23(12-10-22)25-15-18-30-28(19-25)31(24-13-16-26(33)17-14-24)34-29(20-27(38)7-5-2)32-36-35-21(3)37(30)32/h9-19,29H,4-8,20H2,1-3H3/t29-/m0/s1. The Morgan fingerprint density at radius 2 is 1.61 bits per heavy atom. The van der Waals surface area contributed by atoms with Crippen molar-refractivity contribution in [2.75, 3.05) is 0 Å². The zero-order chi connectivity index (χ0) is 26.6. The van der Waals surface area contributed by atoms with E-state index in [-0.39, 0.29) is 5.78 Å². The van der Waals surface area contributed by atoms with E-state index in [4.69, 9.17) is 16.6 Å². The predicted octanol–water partition coefficient (Wildman–Crippen LogP) is 7.89. The number of aliphatic imine (C=N–C) groups is 1. The summed E-state index contributed by atoms with van der Waals surface area (Å²) in [4.78, 5) is 18.0. The molecule has 1 aliphatic heterocycles. The molecule has 38 heavy (non-hydrogen) atoms. The summed E-state index contributed by atoms with van der Waals surface area (Å²) < 4.78 is 2.06. The number of halogens is 1. The minimum atomic E-state index is -0.422. The van der Waals surface area contributed by atoms with Crippen LogP contribution in [0.1, 0.15) is 80.3 Å². The molecule has 0 unspecified atom stereocenters. The summed E-state index contributed by atoms with van der Waals surface area (Å²) in [7, 11) is 0. The third-order valence-corrected chi connectivity index (χ3v) is 7.35. The Balaban J connectivity index is 1.66. The SMILES string of the molecule is CCCCc1ccc(-c2ccc3c(c2)C(c2ccc(Cl)cc2)=N[C@@H](CC(=O)CCC)c2nnc(C)n2-3)cc1. The van der Waals surface area contributed by atoms with Crippen molar-refractivity contribution in [2.24, 2.45) is 4.99 Å². The largest absolute Gasteiger partial charge is 0.300 e. The first-order valence-electron chi connectivity index (χ1n) is 13.5. The van der Waals surface area contributed by atoms with Crippen LogP contribution in [0.3, 0.4) is 0 Å². The third-order valence-electron chi connectivity index (χ3n) is 7.10. The molecular formula is C32H33ClN4O. The van der Waals surface area contributed by atoms with E-state index >= 15 is 0 Å². The molecule has 5 nitrogen and oxygen atoms in total. The van der Waals surface area contributed by atoms with E-state index in [1.807, 2.05) is 38.1 Å². The fourth-order valence-electron chi connectivity index (χ4n) is 5.09. The van der Waals surface area contributed by atoms with Crippen molar-refractivity contribution in [2.45, 2.75) is 65.3 Å². The highest BCUT2D eigenvalue weighted by molar-refractivity contribution is 6.30. The van der Waals surface area contributed by atoms with Gasteiger partial charge in [0, 0.05) is 29.0 Å². The van der Waals surface area contributed by atoms with E-state index < -0.39 is 6.04 Å². The van der Waals surface area contributed by atoms with Crippen LogP contribution >= 0.6 is 11.6 Å². The van der Waals surface area contributed by atoms with Crippen molar-refractivity contribution in [1.29, 1.82) is 0 Å². The first-order chi connectivity index (χ1) is 18.5. The number of hydrogen-bond acceptors (Lipinski definition) is 4. The summed E-state index contributed by atoms with van der Waals surface area (Å²) in [5.41, 5.74) is 7.35. The van der Waals surface area contributed by atoms with Crippen molar-refractivity contribution < 1.29 is 4.79 Å². The number of aryl methyl sites for hydroxylation is 2. The lowest BCUT2D eigenvalue weighted by atomic mass is 9.95. The van der Waals surface area contributed by atoms with Gasteiger partial charge in [-0.1, -0.05) is 74.3 Å². The molecule has 0 aliphatic carbocycles. The van der Waals surface area contributed by atoms with Gasteiger partial charge in [-0.05, 0) is 67.1 Å². The lowest BCUT2D eigenvalue weighted by molar-refractivity contribution is -0.119. The minimum Gasteiger partial charge on any atom is -0.300 e. The molecule has 1 aliphatic rings. The first-order valence-corrected chi connectivity index (χ1v) is 13.9. The molecule has 5 rings (SSSR count). The molecule has 3 aromatic carbocycles. The van der Waals surface area contributed by atoms with E-state index in [9.17, 15) is 4.79 Å². The number of nitrogens with zero attached hydrogens (tertiary/aromatic N) is 4. The molecule has 2 heterocycles. The summed E-state index contributed by atoms with van der Waals surface area (Å²) in [5.74, 6) is 1.65. The van der Waals surface area contributed by atoms with Crippen molar-refractivity contribution in [3.05, 3.63) is 100 Å². The van der Waals surface area contributed by atoms with Crippen molar-refractivity contribution >= 4 is 23.1 Å². The number of carbonyl (C=O) groups excluding carboxylic acids is 1. The van der Waals surface area contributed by atoms with Crippen LogP contribution in [0.15, 0.2) is 71.7 Å². The van der Waals surface area contributed by atoms with Crippen molar-refractivity contribution in [3.8, 4) is 16.8 Å². The molecule has 0 saturated carbocycles. The van der Waals surface area contributed by atoms with Crippen LogP contribution in [-0.4, -0.2) is 26.3 Å². The van der Waals surface area contributed by atoms with Crippen LogP contribution in [0.25, 0.3) is 16.8 Å². The maximum atomic E-state index is 12.8. The van der Waals surface area contributed by atoms with Gasteiger partial charge in [-0.2, -0.15) is 0 Å². The monoisotopic (exact) mass is 524 g/mol. The van der Waals surface area contributed by atoms with E-state index in [0.717, 1.165) is 52.3 Å². The van der Waals surface area contributed by atoms with E-state index in [0.29, 0.717) is 23.7 Å². The summed E-state index contributed by atoms with van der Waals surface area (Å²) in [6, 6.07) is 22.6. The van der Waals surface area contributed by atoms with Gasteiger partial charge in [0.2, 0.25) is 0 Å². The number of unbranched alkanes of at least 4 members (excludes halogenated alkanes) is 1. The zero-order valence-electron chi connectivity index (χ0n) is 22.2. The molecule has 0 spiro atoms. The maximum absolute atomic E-state index is 12.8. The molecule has 6 heteroatoms. The van der Waals surface area contributed by atoms with Gasteiger partial charge in [0.15, 0.2) is 5.82 Å². The van der Waals surface area contributed by atoms with Crippen molar-refractivity contribution in [1.82, 2.24) is 14.8 Å². The second-order valence-electron chi connectivity index (χ2n) is 9.97. The highest BCUT2D eigenvalue weighted by Crippen LogP contribution is 2.35. The molecular weight excluding hydrogens is 492 g/mol. The summed E-state index contributed by atoms with van der Waals surface area (Å²) >= 11 is 6.23. The van der Waals surface area contributed by atoms with Gasteiger partial charge in [0.05, 0.1) is 11.4 Å². The van der Waals surface area contributed by atoms with Crippen LogP contribution in [0.2, 0.25) is 5.02 Å². The van der Waals surface area contributed by atoms with E-state index in [2.05, 4.69) is 64.2 Å². The fraction of sp³-hybridized carbons (Fsp3) is 0.312. The number of rotatable bonds is 9. The van der Waals surface area contributed by atoms with Crippen molar-refractivity contribution in [3.63, 3.8) is 0 Å². The molecule has 1 aromatic heterocycles.